The van der Waals surface area contributed by atoms with Gasteiger partial charge in [-0.15, -0.1) is 28.1 Å². The van der Waals surface area contributed by atoms with E-state index in [1.807, 2.05) is 23.0 Å². The number of nitrogens with zero attached hydrogens (tertiary/aromatic N) is 6. The third-order valence-corrected chi connectivity index (χ3v) is 6.42. The molecule has 126 valence electrons. The van der Waals surface area contributed by atoms with Crippen LogP contribution in [0.2, 0.25) is 0 Å². The Morgan fingerprint density at radius 2 is 2.28 bits per heavy atom. The van der Waals surface area contributed by atoms with Crippen LogP contribution < -0.4 is 0 Å². The molecule has 0 spiro atoms. The molecule has 4 rings (SSSR count). The van der Waals surface area contributed by atoms with Gasteiger partial charge in [-0.3, -0.25) is 4.57 Å². The number of aromatic nitrogens is 6. The van der Waals surface area contributed by atoms with Crippen molar-refractivity contribution in [2.75, 3.05) is 6.26 Å². The molecule has 0 radical (unpaired) electrons. The Morgan fingerprint density at radius 3 is 3.04 bits per heavy atom. The van der Waals surface area contributed by atoms with Crippen LogP contribution in [0.15, 0.2) is 56.3 Å². The van der Waals surface area contributed by atoms with E-state index < -0.39 is 0 Å². The Hall–Kier alpha value is -2.17. The molecule has 0 atom stereocenters. The maximum Gasteiger partial charge on any atom is 0.200 e. The first-order chi connectivity index (χ1) is 12.3. The lowest BCUT2D eigenvalue weighted by molar-refractivity contribution is 0.569. The Morgan fingerprint density at radius 1 is 1.36 bits per heavy atom. The van der Waals surface area contributed by atoms with E-state index in [4.69, 9.17) is 4.42 Å². The van der Waals surface area contributed by atoms with Gasteiger partial charge in [0.1, 0.15) is 16.1 Å². The number of fused-ring (bicyclic) bond motifs is 1. The van der Waals surface area contributed by atoms with Gasteiger partial charge in [0.2, 0.25) is 5.82 Å². The highest BCUT2D eigenvalue weighted by Crippen LogP contribution is 2.36. The third-order valence-electron chi connectivity index (χ3n) is 3.27. The van der Waals surface area contributed by atoms with Crippen molar-refractivity contribution < 1.29 is 4.42 Å². The summed E-state index contributed by atoms with van der Waals surface area (Å²) in [6.45, 7) is 4.39. The molecule has 0 fully saturated rings. The molecule has 0 aliphatic rings. The number of thioether (sulfide) groups is 1. The molecule has 0 unspecified atom stereocenters. The van der Waals surface area contributed by atoms with Gasteiger partial charge >= 0.3 is 0 Å². The van der Waals surface area contributed by atoms with Crippen LogP contribution in [0.25, 0.3) is 21.9 Å². The molecule has 0 saturated heterocycles. The second-order valence-electron chi connectivity index (χ2n) is 4.80. The van der Waals surface area contributed by atoms with Gasteiger partial charge in [-0.2, -0.15) is 0 Å². The predicted molar refractivity (Wildman–Crippen MR) is 99.0 cm³/mol. The highest BCUT2D eigenvalue weighted by molar-refractivity contribution is 8.00. The number of hydrogen-bond donors (Lipinski definition) is 0. The minimum Gasteiger partial charge on any atom is -0.461 e. The fraction of sp³-hybridized carbons (Fsp3) is 0.133. The van der Waals surface area contributed by atoms with E-state index in [-0.39, 0.29) is 0 Å². The van der Waals surface area contributed by atoms with E-state index >= 15 is 0 Å². The molecule has 0 aromatic carbocycles. The van der Waals surface area contributed by atoms with Crippen molar-refractivity contribution >= 4 is 45.2 Å². The standard InChI is InChI=1S/C15H12N6OS3/c1-3-6-21-12(9-5-4-7-22-9)19-20-14(21)25-13-10-11(16-8-17-13)18-15(23-2)24-10/h3-5,7-8H,1,6H2,2H3. The van der Waals surface area contributed by atoms with Crippen LogP contribution in [0.5, 0.6) is 0 Å². The molecular formula is C15H12N6OS3. The highest BCUT2D eigenvalue weighted by Gasteiger charge is 2.19. The average Bonchev–Trinajstić information content (AvgIpc) is 3.35. The van der Waals surface area contributed by atoms with E-state index in [1.54, 1.807) is 35.4 Å². The molecule has 0 aliphatic carbocycles. The summed E-state index contributed by atoms with van der Waals surface area (Å²) in [6.07, 6.45) is 6.93. The number of rotatable bonds is 6. The van der Waals surface area contributed by atoms with Gasteiger partial charge < -0.3 is 4.42 Å². The van der Waals surface area contributed by atoms with Crippen molar-refractivity contribution in [1.82, 2.24) is 29.7 Å². The molecule has 4 aromatic heterocycles. The largest absolute Gasteiger partial charge is 0.461 e. The third kappa shape index (κ3) is 3.08. The summed E-state index contributed by atoms with van der Waals surface area (Å²) >= 11 is 4.61. The molecule has 7 nitrogen and oxygen atoms in total. The zero-order chi connectivity index (χ0) is 17.2. The van der Waals surface area contributed by atoms with Crippen LogP contribution in [-0.2, 0) is 6.54 Å². The Bertz CT molecular complexity index is 1020. The lowest BCUT2D eigenvalue weighted by Crippen LogP contribution is -2.00. The molecule has 4 heterocycles. The van der Waals surface area contributed by atoms with E-state index in [0.29, 0.717) is 28.9 Å². The molecule has 0 saturated carbocycles. The first-order valence-corrected chi connectivity index (χ1v) is 10.1. The van der Waals surface area contributed by atoms with Gasteiger partial charge in [-0.05, 0) is 30.2 Å². The monoisotopic (exact) mass is 388 g/mol. The van der Waals surface area contributed by atoms with E-state index in [1.165, 1.54) is 18.1 Å². The second-order valence-corrected chi connectivity index (χ2v) is 7.81. The van der Waals surface area contributed by atoms with Gasteiger partial charge in [0, 0.05) is 6.54 Å². The van der Waals surface area contributed by atoms with Crippen LogP contribution in [0.1, 0.15) is 0 Å². The summed E-state index contributed by atoms with van der Waals surface area (Å²) < 4.78 is 9.31. The van der Waals surface area contributed by atoms with Crippen LogP contribution in [0.3, 0.4) is 0 Å². The number of hydrogen-bond acceptors (Lipinski definition) is 9. The van der Waals surface area contributed by atoms with Crippen molar-refractivity contribution in [1.29, 1.82) is 0 Å². The fourth-order valence-corrected chi connectivity index (χ4v) is 4.66. The van der Waals surface area contributed by atoms with E-state index in [2.05, 4.69) is 31.7 Å². The summed E-state index contributed by atoms with van der Waals surface area (Å²) in [4.78, 5) is 13.1. The Kier molecular flexibility index (Phi) is 4.55. The van der Waals surface area contributed by atoms with Crippen molar-refractivity contribution in [3.05, 3.63) is 37.4 Å². The maximum absolute atomic E-state index is 5.45. The van der Waals surface area contributed by atoms with Crippen molar-refractivity contribution in [3.8, 4) is 11.6 Å². The highest BCUT2D eigenvalue weighted by atomic mass is 32.2. The second kappa shape index (κ2) is 6.98. The maximum atomic E-state index is 5.45. The van der Waals surface area contributed by atoms with Gasteiger partial charge in [0.05, 0.1) is 6.26 Å². The Balaban J connectivity index is 1.76. The molecule has 10 heteroatoms. The zero-order valence-electron chi connectivity index (χ0n) is 13.1. The first-order valence-electron chi connectivity index (χ1n) is 7.21. The molecule has 4 aromatic rings. The molecule has 0 amide bonds. The SMILES string of the molecule is C=CCn1c(Sc2ncnc3nc(SC)sc23)nnc1-c1ccco1. The average molecular weight is 389 g/mol. The van der Waals surface area contributed by atoms with Crippen LogP contribution in [-0.4, -0.2) is 36.0 Å². The number of allylic oxidation sites excluding steroid dienone is 1. The van der Waals surface area contributed by atoms with Crippen molar-refractivity contribution in [2.24, 2.45) is 0 Å². The van der Waals surface area contributed by atoms with Crippen molar-refractivity contribution in [3.63, 3.8) is 0 Å². The summed E-state index contributed by atoms with van der Waals surface area (Å²) in [6, 6.07) is 3.68. The smallest absolute Gasteiger partial charge is 0.200 e. The number of furan rings is 1. The normalized spacial score (nSPS) is 11.2. The fourth-order valence-electron chi connectivity index (χ4n) is 2.21. The minimum absolute atomic E-state index is 0.568. The molecule has 0 bridgehead atoms. The summed E-state index contributed by atoms with van der Waals surface area (Å²) in [5.74, 6) is 1.32. The molecule has 25 heavy (non-hydrogen) atoms. The van der Waals surface area contributed by atoms with Crippen molar-refractivity contribution in [2.45, 2.75) is 21.1 Å². The predicted octanol–water partition coefficient (Wildman–Crippen LogP) is 4.00. The Labute approximate surface area is 155 Å². The van der Waals surface area contributed by atoms with E-state index in [0.717, 1.165) is 14.1 Å². The lowest BCUT2D eigenvalue weighted by atomic mass is 10.4. The van der Waals surface area contributed by atoms with Crippen LogP contribution in [0.4, 0.5) is 0 Å². The minimum atomic E-state index is 0.568. The molecule has 0 N–H and O–H groups in total. The number of thiazole rings is 1. The molecule has 0 aliphatic heterocycles. The van der Waals surface area contributed by atoms with Gasteiger partial charge in [0.15, 0.2) is 20.9 Å². The zero-order valence-corrected chi connectivity index (χ0v) is 15.6. The molecular weight excluding hydrogens is 376 g/mol. The summed E-state index contributed by atoms with van der Waals surface area (Å²) in [5.41, 5.74) is 0.702. The topological polar surface area (TPSA) is 82.5 Å². The van der Waals surface area contributed by atoms with Crippen LogP contribution >= 0.6 is 34.9 Å². The first kappa shape index (κ1) is 16.3. The van der Waals surface area contributed by atoms with E-state index in [9.17, 15) is 0 Å². The van der Waals surface area contributed by atoms with Gasteiger partial charge in [-0.25, -0.2) is 15.0 Å². The van der Waals surface area contributed by atoms with Crippen LogP contribution in [0, 0.1) is 0 Å². The lowest BCUT2D eigenvalue weighted by Gasteiger charge is -2.05. The summed E-state index contributed by atoms with van der Waals surface area (Å²) in [5, 5.41) is 10.1. The van der Waals surface area contributed by atoms with Gasteiger partial charge in [0.25, 0.3) is 0 Å². The van der Waals surface area contributed by atoms with Gasteiger partial charge in [-0.1, -0.05) is 17.8 Å². The quantitative estimate of drug-likeness (QED) is 0.278. The summed E-state index contributed by atoms with van der Waals surface area (Å²) in [7, 11) is 0.